The number of nitrogens with one attached hydrogen (secondary N) is 1. The summed E-state index contributed by atoms with van der Waals surface area (Å²) in [5, 5.41) is 2.91. The predicted octanol–water partition coefficient (Wildman–Crippen LogP) is 1.90. The van der Waals surface area contributed by atoms with E-state index in [0.29, 0.717) is 18.0 Å². The van der Waals surface area contributed by atoms with Crippen molar-refractivity contribution < 1.29 is 9.53 Å². The summed E-state index contributed by atoms with van der Waals surface area (Å²) in [5.41, 5.74) is 7.41. The number of thiocarbonyl (C=S) groups is 1. The summed E-state index contributed by atoms with van der Waals surface area (Å²) in [6.45, 7) is 1.36. The van der Waals surface area contributed by atoms with E-state index in [1.54, 1.807) is 0 Å². The number of nitrogens with two attached hydrogens (primary N) is 1. The number of hydrogen-bond donors (Lipinski definition) is 2. The Morgan fingerprint density at radius 3 is 2.75 bits per heavy atom. The van der Waals surface area contributed by atoms with E-state index in [-0.39, 0.29) is 12.0 Å². The van der Waals surface area contributed by atoms with Crippen molar-refractivity contribution in [2.75, 3.05) is 6.61 Å². The molecule has 1 fully saturated rings. The van der Waals surface area contributed by atoms with Crippen LogP contribution in [0, 0.1) is 0 Å². The number of carbonyl (C=O) groups excluding carboxylic acids is 1. The highest BCUT2D eigenvalue weighted by Crippen LogP contribution is 2.16. The van der Waals surface area contributed by atoms with Crippen LogP contribution in [0.4, 0.5) is 0 Å². The average molecular weight is 292 g/mol. The monoisotopic (exact) mass is 292 g/mol. The van der Waals surface area contributed by atoms with Crippen molar-refractivity contribution in [1.82, 2.24) is 5.32 Å². The average Bonchev–Trinajstić information content (AvgIpc) is 2.96. The smallest absolute Gasteiger partial charge is 0.220 e. The van der Waals surface area contributed by atoms with Crippen LogP contribution >= 0.6 is 12.2 Å². The van der Waals surface area contributed by atoms with E-state index >= 15 is 0 Å². The van der Waals surface area contributed by atoms with Crippen LogP contribution in [0.2, 0.25) is 0 Å². The molecular weight excluding hydrogens is 272 g/mol. The van der Waals surface area contributed by atoms with Gasteiger partial charge in [-0.1, -0.05) is 36.5 Å². The highest BCUT2D eigenvalue weighted by atomic mass is 32.1. The fourth-order valence-electron chi connectivity index (χ4n) is 2.24. The molecule has 20 heavy (non-hydrogen) atoms. The number of benzene rings is 1. The maximum atomic E-state index is 11.7. The third-order valence-corrected chi connectivity index (χ3v) is 3.68. The molecule has 1 aromatic carbocycles. The van der Waals surface area contributed by atoms with E-state index in [0.717, 1.165) is 37.0 Å². The fraction of sp³-hybridized carbons (Fsp3) is 0.467. The van der Waals surface area contributed by atoms with Crippen molar-refractivity contribution in [3.63, 3.8) is 0 Å². The van der Waals surface area contributed by atoms with Gasteiger partial charge in [-0.25, -0.2) is 0 Å². The van der Waals surface area contributed by atoms with Gasteiger partial charge in [0.2, 0.25) is 5.91 Å². The molecule has 1 saturated heterocycles. The first-order chi connectivity index (χ1) is 9.65. The van der Waals surface area contributed by atoms with Crippen LogP contribution in [0.25, 0.3) is 0 Å². The summed E-state index contributed by atoms with van der Waals surface area (Å²) in [6, 6.07) is 7.59. The van der Waals surface area contributed by atoms with Crippen molar-refractivity contribution in [2.24, 2.45) is 5.73 Å². The van der Waals surface area contributed by atoms with Crippen LogP contribution in [-0.4, -0.2) is 23.6 Å². The Morgan fingerprint density at radius 1 is 1.40 bits per heavy atom. The van der Waals surface area contributed by atoms with Gasteiger partial charge in [0.1, 0.15) is 4.99 Å². The van der Waals surface area contributed by atoms with Gasteiger partial charge in [0.15, 0.2) is 0 Å². The third kappa shape index (κ3) is 4.58. The Balaban J connectivity index is 1.70. The van der Waals surface area contributed by atoms with E-state index in [1.165, 1.54) is 0 Å². The molecular formula is C15H20N2O2S. The predicted molar refractivity (Wildman–Crippen MR) is 82.4 cm³/mol. The minimum absolute atomic E-state index is 0.0684. The molecule has 1 unspecified atom stereocenters. The first-order valence-corrected chi connectivity index (χ1v) is 7.33. The van der Waals surface area contributed by atoms with Crippen molar-refractivity contribution in [2.45, 2.75) is 38.3 Å². The van der Waals surface area contributed by atoms with Crippen molar-refractivity contribution >= 4 is 23.1 Å². The minimum atomic E-state index is 0.0684. The molecule has 2 rings (SSSR count). The second kappa shape index (κ2) is 7.36. The second-order valence-corrected chi connectivity index (χ2v) is 5.45. The molecule has 1 aliphatic heterocycles. The molecule has 0 aromatic heterocycles. The molecule has 3 N–H and O–H groups in total. The Hall–Kier alpha value is -1.46. The zero-order chi connectivity index (χ0) is 14.4. The van der Waals surface area contributed by atoms with Gasteiger partial charge in [-0.2, -0.15) is 0 Å². The van der Waals surface area contributed by atoms with Crippen LogP contribution in [0.5, 0.6) is 0 Å². The van der Waals surface area contributed by atoms with Gasteiger partial charge in [-0.05, 0) is 24.8 Å². The van der Waals surface area contributed by atoms with E-state index < -0.39 is 0 Å². The van der Waals surface area contributed by atoms with E-state index in [4.69, 9.17) is 22.7 Å². The maximum absolute atomic E-state index is 11.7. The van der Waals surface area contributed by atoms with Gasteiger partial charge in [0.05, 0.1) is 6.10 Å². The summed E-state index contributed by atoms with van der Waals surface area (Å²) in [7, 11) is 0. The first-order valence-electron chi connectivity index (χ1n) is 6.92. The number of ether oxygens (including phenoxy) is 1. The standard InChI is InChI=1S/C15H20N2O2S/c16-15(20)12-5-3-11(4-6-12)10-17-14(18)8-7-13-2-1-9-19-13/h3-6,13H,1-2,7-10H2,(H2,16,20)(H,17,18). The lowest BCUT2D eigenvalue weighted by Crippen LogP contribution is -2.24. The molecule has 1 atom stereocenters. The normalized spacial score (nSPS) is 17.9. The summed E-state index contributed by atoms with van der Waals surface area (Å²) in [4.78, 5) is 12.1. The van der Waals surface area contributed by atoms with Crippen molar-refractivity contribution in [1.29, 1.82) is 0 Å². The van der Waals surface area contributed by atoms with E-state index in [1.807, 2.05) is 24.3 Å². The largest absolute Gasteiger partial charge is 0.389 e. The zero-order valence-corrected chi connectivity index (χ0v) is 12.2. The molecule has 108 valence electrons. The Bertz CT molecular complexity index is 467. The van der Waals surface area contributed by atoms with Crippen LogP contribution in [0.15, 0.2) is 24.3 Å². The minimum Gasteiger partial charge on any atom is -0.389 e. The highest BCUT2D eigenvalue weighted by Gasteiger charge is 2.16. The molecule has 0 saturated carbocycles. The summed E-state index contributed by atoms with van der Waals surface area (Å²) in [5.74, 6) is 0.0684. The van der Waals surface area contributed by atoms with Crippen LogP contribution in [-0.2, 0) is 16.1 Å². The summed E-state index contributed by atoms with van der Waals surface area (Å²) >= 11 is 4.89. The van der Waals surface area contributed by atoms with Crippen LogP contribution < -0.4 is 11.1 Å². The summed E-state index contributed by atoms with van der Waals surface area (Å²) < 4.78 is 5.50. The van der Waals surface area contributed by atoms with E-state index in [9.17, 15) is 4.79 Å². The molecule has 4 nitrogen and oxygen atoms in total. The lowest BCUT2D eigenvalue weighted by molar-refractivity contribution is -0.121. The van der Waals surface area contributed by atoms with Gasteiger partial charge in [0, 0.05) is 25.1 Å². The number of hydrogen-bond acceptors (Lipinski definition) is 3. The molecule has 1 amide bonds. The molecule has 0 spiro atoms. The second-order valence-electron chi connectivity index (χ2n) is 5.01. The van der Waals surface area contributed by atoms with Gasteiger partial charge in [-0.3, -0.25) is 4.79 Å². The quantitative estimate of drug-likeness (QED) is 0.786. The van der Waals surface area contributed by atoms with Crippen molar-refractivity contribution in [3.05, 3.63) is 35.4 Å². The number of amides is 1. The lowest BCUT2D eigenvalue weighted by atomic mass is 10.1. The molecule has 1 heterocycles. The Morgan fingerprint density at radius 2 is 2.15 bits per heavy atom. The highest BCUT2D eigenvalue weighted by molar-refractivity contribution is 7.80. The third-order valence-electron chi connectivity index (χ3n) is 3.45. The molecule has 0 aliphatic carbocycles. The maximum Gasteiger partial charge on any atom is 0.220 e. The molecule has 0 radical (unpaired) electrons. The topological polar surface area (TPSA) is 64.3 Å². The Labute approximate surface area is 124 Å². The van der Waals surface area contributed by atoms with Gasteiger partial charge >= 0.3 is 0 Å². The molecule has 0 bridgehead atoms. The number of carbonyl (C=O) groups is 1. The molecule has 5 heteroatoms. The first kappa shape index (κ1) is 14.9. The van der Waals surface area contributed by atoms with Crippen molar-refractivity contribution in [3.8, 4) is 0 Å². The Kier molecular flexibility index (Phi) is 5.49. The van der Waals surface area contributed by atoms with Crippen LogP contribution in [0.1, 0.15) is 36.8 Å². The van der Waals surface area contributed by atoms with E-state index in [2.05, 4.69) is 5.32 Å². The lowest BCUT2D eigenvalue weighted by Gasteiger charge is -2.09. The SMILES string of the molecule is NC(=S)c1ccc(CNC(=O)CCC2CCCO2)cc1. The zero-order valence-electron chi connectivity index (χ0n) is 11.4. The van der Waals surface area contributed by atoms with Gasteiger partial charge in [-0.15, -0.1) is 0 Å². The van der Waals surface area contributed by atoms with Gasteiger partial charge in [0.25, 0.3) is 0 Å². The summed E-state index contributed by atoms with van der Waals surface area (Å²) in [6.07, 6.45) is 3.79. The van der Waals surface area contributed by atoms with Crippen LogP contribution in [0.3, 0.4) is 0 Å². The molecule has 1 aromatic rings. The van der Waals surface area contributed by atoms with Gasteiger partial charge < -0.3 is 15.8 Å². The number of rotatable bonds is 6. The molecule has 1 aliphatic rings. The fourth-order valence-corrected chi connectivity index (χ4v) is 2.38.